The molecule has 2 heteroatoms. The molecule has 88 heavy (non-hydrogen) atoms. The molecule has 0 unspecified atom stereocenters. The molecule has 0 saturated heterocycles. The first kappa shape index (κ1) is 50.9. The zero-order valence-electron chi connectivity index (χ0n) is 48.2. The molecule has 410 valence electrons. The second kappa shape index (κ2) is 21.2. The molecular formula is C86H56N2. The molecule has 17 aromatic rings. The molecule has 0 bridgehead atoms. The van der Waals surface area contributed by atoms with Crippen molar-refractivity contribution in [2.24, 2.45) is 0 Å². The van der Waals surface area contributed by atoms with Crippen LogP contribution in [0.5, 0.6) is 0 Å². The van der Waals surface area contributed by atoms with Gasteiger partial charge in [0.15, 0.2) is 0 Å². The molecule has 0 aliphatic rings. The van der Waals surface area contributed by atoms with Gasteiger partial charge in [-0.2, -0.15) is 0 Å². The van der Waals surface area contributed by atoms with E-state index in [1.165, 1.54) is 154 Å². The molecular weight excluding hydrogens is 1060 g/mol. The van der Waals surface area contributed by atoms with Crippen LogP contribution in [-0.2, 0) is 0 Å². The van der Waals surface area contributed by atoms with Crippen molar-refractivity contribution in [3.8, 4) is 100 Å². The van der Waals surface area contributed by atoms with E-state index in [-0.39, 0.29) is 0 Å². The molecule has 0 amide bonds. The Morgan fingerprint density at radius 2 is 0.341 bits per heavy atom. The summed E-state index contributed by atoms with van der Waals surface area (Å²) in [7, 11) is 0. The fraction of sp³-hybridized carbons (Fsp3) is 0. The maximum atomic E-state index is 2.46. The molecule has 0 N–H and O–H groups in total. The summed E-state index contributed by atoms with van der Waals surface area (Å²) < 4.78 is 4.84. The number of aromatic nitrogens is 2. The van der Waals surface area contributed by atoms with Gasteiger partial charge in [-0.25, -0.2) is 0 Å². The van der Waals surface area contributed by atoms with E-state index in [2.05, 4.69) is 349 Å². The predicted octanol–water partition coefficient (Wildman–Crippen LogP) is 23.5. The highest BCUT2D eigenvalue weighted by molar-refractivity contribution is 6.23. The number of para-hydroxylation sites is 2. The van der Waals surface area contributed by atoms with E-state index in [1.807, 2.05) is 0 Å². The minimum atomic E-state index is 1.14. The van der Waals surface area contributed by atoms with Crippen molar-refractivity contribution >= 4 is 65.2 Å². The van der Waals surface area contributed by atoms with Crippen LogP contribution in [0.15, 0.2) is 340 Å². The van der Waals surface area contributed by atoms with Crippen LogP contribution in [0.4, 0.5) is 0 Å². The largest absolute Gasteiger partial charge is 0.309 e. The van der Waals surface area contributed by atoms with E-state index in [4.69, 9.17) is 0 Å². The first-order valence-electron chi connectivity index (χ1n) is 30.4. The molecule has 2 heterocycles. The Labute approximate surface area is 511 Å². The highest BCUT2D eigenvalue weighted by Crippen LogP contribution is 2.48. The summed E-state index contributed by atoms with van der Waals surface area (Å²) in [6, 6.07) is 125. The maximum absolute atomic E-state index is 2.46. The van der Waals surface area contributed by atoms with E-state index in [9.17, 15) is 0 Å². The first-order chi connectivity index (χ1) is 43.6. The summed E-state index contributed by atoms with van der Waals surface area (Å²) in [5.74, 6) is 0. The minimum Gasteiger partial charge on any atom is -0.309 e. The zero-order chi connectivity index (χ0) is 58.1. The molecule has 0 aliphatic carbocycles. The molecule has 17 rings (SSSR count). The quantitative estimate of drug-likeness (QED) is 0.121. The molecule has 0 saturated carbocycles. The lowest BCUT2D eigenvalue weighted by Gasteiger charge is -2.20. The number of benzene rings is 15. The Morgan fingerprint density at radius 1 is 0.136 bits per heavy atom. The van der Waals surface area contributed by atoms with Crippen molar-refractivity contribution in [1.82, 2.24) is 9.13 Å². The van der Waals surface area contributed by atoms with Gasteiger partial charge in [0.1, 0.15) is 0 Å². The van der Waals surface area contributed by atoms with Crippen LogP contribution in [0.3, 0.4) is 0 Å². The molecule has 2 nitrogen and oxygen atoms in total. The Hall–Kier alpha value is -11.6. The van der Waals surface area contributed by atoms with Gasteiger partial charge in [0.05, 0.1) is 22.1 Å². The van der Waals surface area contributed by atoms with Crippen molar-refractivity contribution in [3.05, 3.63) is 340 Å². The highest BCUT2D eigenvalue weighted by Gasteiger charge is 2.22. The van der Waals surface area contributed by atoms with Gasteiger partial charge in [0.2, 0.25) is 0 Å². The molecule has 15 aromatic carbocycles. The van der Waals surface area contributed by atoms with E-state index in [0.717, 1.165) is 11.4 Å². The number of nitrogens with zero attached hydrogens (tertiary/aromatic N) is 2. The first-order valence-corrected chi connectivity index (χ1v) is 30.4. The Kier molecular flexibility index (Phi) is 12.3. The molecule has 0 aliphatic heterocycles. The van der Waals surface area contributed by atoms with Gasteiger partial charge >= 0.3 is 0 Å². The maximum Gasteiger partial charge on any atom is 0.0541 e. The minimum absolute atomic E-state index is 1.14. The Morgan fingerprint density at radius 3 is 0.636 bits per heavy atom. The summed E-state index contributed by atoms with van der Waals surface area (Å²) in [6.07, 6.45) is 0. The van der Waals surface area contributed by atoms with E-state index in [1.54, 1.807) is 0 Å². The van der Waals surface area contributed by atoms with Crippen molar-refractivity contribution in [3.63, 3.8) is 0 Å². The van der Waals surface area contributed by atoms with E-state index >= 15 is 0 Å². The molecule has 0 atom stereocenters. The predicted molar refractivity (Wildman–Crippen MR) is 374 cm³/mol. The lowest BCUT2D eigenvalue weighted by atomic mass is 9.84. The van der Waals surface area contributed by atoms with Crippen molar-refractivity contribution in [2.75, 3.05) is 0 Å². The Balaban J connectivity index is 0.830. The van der Waals surface area contributed by atoms with E-state index in [0.29, 0.717) is 0 Å². The van der Waals surface area contributed by atoms with Gasteiger partial charge in [-0.1, -0.05) is 255 Å². The van der Waals surface area contributed by atoms with Crippen LogP contribution < -0.4 is 0 Å². The van der Waals surface area contributed by atoms with Crippen molar-refractivity contribution in [2.45, 2.75) is 0 Å². The van der Waals surface area contributed by atoms with Crippen LogP contribution in [0, 0.1) is 0 Å². The van der Waals surface area contributed by atoms with Crippen LogP contribution in [0.1, 0.15) is 0 Å². The number of fused-ring (bicyclic) bond motifs is 8. The van der Waals surface area contributed by atoms with Gasteiger partial charge in [-0.3, -0.25) is 0 Å². The molecule has 0 radical (unpaired) electrons. The fourth-order valence-electron chi connectivity index (χ4n) is 13.9. The van der Waals surface area contributed by atoms with Gasteiger partial charge in [-0.05, 0) is 195 Å². The van der Waals surface area contributed by atoms with Crippen LogP contribution in [0.25, 0.3) is 166 Å². The second-order valence-electron chi connectivity index (χ2n) is 23.2. The topological polar surface area (TPSA) is 9.86 Å². The van der Waals surface area contributed by atoms with Crippen LogP contribution in [0.2, 0.25) is 0 Å². The zero-order valence-corrected chi connectivity index (χ0v) is 48.2. The van der Waals surface area contributed by atoms with Crippen LogP contribution in [-0.4, -0.2) is 9.13 Å². The number of hydrogen-bond acceptors (Lipinski definition) is 0. The number of rotatable bonds is 10. The van der Waals surface area contributed by atoms with Gasteiger partial charge in [-0.15, -0.1) is 0 Å². The number of hydrogen-bond donors (Lipinski definition) is 0. The van der Waals surface area contributed by atoms with E-state index < -0.39 is 0 Å². The molecule has 0 spiro atoms. The summed E-state index contributed by atoms with van der Waals surface area (Å²) in [5.41, 5.74) is 26.2. The summed E-state index contributed by atoms with van der Waals surface area (Å²) in [5, 5.41) is 9.75. The van der Waals surface area contributed by atoms with Gasteiger partial charge in [0, 0.05) is 32.9 Å². The Bertz CT molecular complexity index is 5130. The van der Waals surface area contributed by atoms with Crippen molar-refractivity contribution in [1.29, 1.82) is 0 Å². The fourth-order valence-corrected chi connectivity index (χ4v) is 13.9. The lowest BCUT2D eigenvalue weighted by Crippen LogP contribution is -1.94. The third kappa shape index (κ3) is 8.73. The molecule has 0 fully saturated rings. The lowest BCUT2D eigenvalue weighted by molar-refractivity contribution is 1.18. The average Bonchev–Trinajstić information content (AvgIpc) is 1.74. The van der Waals surface area contributed by atoms with Crippen LogP contribution >= 0.6 is 0 Å². The third-order valence-corrected chi connectivity index (χ3v) is 18.1. The second-order valence-corrected chi connectivity index (χ2v) is 23.2. The smallest absolute Gasteiger partial charge is 0.0541 e. The monoisotopic (exact) mass is 1120 g/mol. The van der Waals surface area contributed by atoms with Crippen molar-refractivity contribution < 1.29 is 0 Å². The standard InChI is InChI=1S/C86H56N2/c1-7-19-57(20-8-1)59-31-35-61(36-32-59)65-41-47-81-75(51-65)77-53-69(43-49-83(77)87(81)71-27-15-5-16-28-71)67-39-45-73-79(55-67)85(63-23-11-3-12-24-63)74-46-40-68(56-80(74)86(73)64-25-13-4-14-26-64)70-44-50-84-78(54-70)76-52-66(42-48-82(76)88(84)72-29-17-6-18-30-72)62-37-33-60(34-38-62)58-21-9-2-10-22-58/h1-56H. The summed E-state index contributed by atoms with van der Waals surface area (Å²) >= 11 is 0. The van der Waals surface area contributed by atoms with Gasteiger partial charge in [0.25, 0.3) is 0 Å². The van der Waals surface area contributed by atoms with Gasteiger partial charge < -0.3 is 9.13 Å². The molecule has 2 aromatic heterocycles. The summed E-state index contributed by atoms with van der Waals surface area (Å²) in [6.45, 7) is 0. The third-order valence-electron chi connectivity index (χ3n) is 18.1. The average molecular weight is 1120 g/mol. The normalized spacial score (nSPS) is 11.6. The summed E-state index contributed by atoms with van der Waals surface area (Å²) in [4.78, 5) is 0. The SMILES string of the molecule is c1ccc(-c2ccc(-c3ccc4c(c3)c3cc(-c5ccc6c(-c7ccccc7)c7cc(-c8ccc9c(c8)c8cc(-c%10ccc(-c%11ccccc%11)cc%10)ccc8n9-c8ccccc8)ccc7c(-c7ccccc7)c6c5)ccc3n4-c3ccccc3)cc2)cc1. The highest BCUT2D eigenvalue weighted by atomic mass is 15.0.